The Labute approximate surface area is 126 Å². The molecule has 0 radical (unpaired) electrons. The molecule has 0 aromatic heterocycles. The minimum atomic E-state index is -6.81. The van der Waals surface area contributed by atoms with Crippen molar-refractivity contribution in [3.05, 3.63) is 30.3 Å². The second-order valence-corrected chi connectivity index (χ2v) is 7.22. The predicted octanol–water partition coefficient (Wildman–Crippen LogP) is 1.01. The Morgan fingerprint density at radius 3 is 1.30 bits per heavy atom. The molecule has 0 heterocycles. The summed E-state index contributed by atoms with van der Waals surface area (Å²) in [6.45, 7) is 0. The van der Waals surface area contributed by atoms with Crippen LogP contribution in [0.25, 0.3) is 0 Å². The third-order valence-electron chi connectivity index (χ3n) is 1.99. The van der Waals surface area contributed by atoms with Crippen molar-refractivity contribution in [2.75, 3.05) is 3.71 Å². The molecule has 134 valence electrons. The van der Waals surface area contributed by atoms with Crippen molar-refractivity contribution in [1.29, 1.82) is 0 Å². The zero-order valence-electron chi connectivity index (χ0n) is 10.7. The smallest absolute Gasteiger partial charge is 0.274 e. The van der Waals surface area contributed by atoms with E-state index in [-0.39, 0.29) is 0 Å². The number of benzene rings is 1. The van der Waals surface area contributed by atoms with Crippen LogP contribution in [-0.4, -0.2) is 27.9 Å². The van der Waals surface area contributed by atoms with Gasteiger partial charge >= 0.3 is 31.1 Å². The van der Waals surface area contributed by atoms with Gasteiger partial charge in [0.25, 0.3) is 0 Å². The SMILES string of the molecule is NN.O=S(=O)(N(c1ccccc1)S(=O)(=O)C(F)(F)F)C(F)(F)F. The summed E-state index contributed by atoms with van der Waals surface area (Å²) in [6, 6.07) is 3.85. The second kappa shape index (κ2) is 6.90. The van der Waals surface area contributed by atoms with Crippen molar-refractivity contribution < 1.29 is 43.2 Å². The van der Waals surface area contributed by atoms with Crippen molar-refractivity contribution >= 4 is 25.7 Å². The fourth-order valence-electron chi connectivity index (χ4n) is 1.14. The van der Waals surface area contributed by atoms with Gasteiger partial charge in [-0.25, -0.2) is 0 Å². The lowest BCUT2D eigenvalue weighted by Crippen LogP contribution is -2.49. The lowest BCUT2D eigenvalue weighted by Gasteiger charge is -2.25. The van der Waals surface area contributed by atoms with E-state index in [1.54, 1.807) is 0 Å². The molecule has 0 fully saturated rings. The van der Waals surface area contributed by atoms with Crippen molar-refractivity contribution in [1.82, 2.24) is 0 Å². The van der Waals surface area contributed by atoms with E-state index in [1.165, 1.54) is 0 Å². The molecule has 1 aromatic rings. The van der Waals surface area contributed by atoms with Crippen LogP contribution >= 0.6 is 0 Å². The maximum Gasteiger partial charge on any atom is 0.517 e. The van der Waals surface area contributed by atoms with Crippen LogP contribution in [0.3, 0.4) is 0 Å². The number of hydrogen-bond acceptors (Lipinski definition) is 6. The molecule has 0 bridgehead atoms. The van der Waals surface area contributed by atoms with E-state index < -0.39 is 40.5 Å². The molecule has 0 amide bonds. The van der Waals surface area contributed by atoms with E-state index in [0.717, 1.165) is 18.2 Å². The number of anilines is 1. The van der Waals surface area contributed by atoms with Crippen molar-refractivity contribution in [2.45, 2.75) is 11.0 Å². The monoisotopic (exact) mass is 389 g/mol. The number of nitrogens with two attached hydrogens (primary N) is 2. The highest BCUT2D eigenvalue weighted by Crippen LogP contribution is 2.38. The molecule has 0 unspecified atom stereocenters. The first-order valence-electron chi connectivity index (χ1n) is 5.04. The van der Waals surface area contributed by atoms with Crippen molar-refractivity contribution in [3.63, 3.8) is 0 Å². The molecule has 0 atom stereocenters. The normalized spacial score (nSPS) is 13.0. The summed E-state index contributed by atoms with van der Waals surface area (Å²) in [5.41, 5.74) is -13.8. The highest BCUT2D eigenvalue weighted by atomic mass is 32.3. The Kier molecular flexibility index (Phi) is 6.42. The van der Waals surface area contributed by atoms with Gasteiger partial charge in [0.05, 0.1) is 5.69 Å². The molecule has 0 aliphatic carbocycles. The van der Waals surface area contributed by atoms with Crippen molar-refractivity contribution in [2.24, 2.45) is 11.7 Å². The number of hydrazine groups is 1. The van der Waals surface area contributed by atoms with E-state index in [2.05, 4.69) is 11.7 Å². The number of sulfonamides is 2. The molecule has 0 saturated heterocycles. The van der Waals surface area contributed by atoms with E-state index in [0.29, 0.717) is 12.1 Å². The average molecular weight is 389 g/mol. The molecule has 0 spiro atoms. The Bertz CT molecular complexity index is 670. The van der Waals surface area contributed by atoms with Gasteiger partial charge in [0.15, 0.2) is 0 Å². The van der Waals surface area contributed by atoms with Gasteiger partial charge in [-0.15, -0.1) is 3.71 Å². The van der Waals surface area contributed by atoms with Gasteiger partial charge in [-0.1, -0.05) is 18.2 Å². The Morgan fingerprint density at radius 2 is 1.04 bits per heavy atom. The summed E-state index contributed by atoms with van der Waals surface area (Å²) in [5.74, 6) is 8.00. The van der Waals surface area contributed by atoms with Gasteiger partial charge < -0.3 is 0 Å². The van der Waals surface area contributed by atoms with Crippen LogP contribution in [0.15, 0.2) is 30.3 Å². The third kappa shape index (κ3) is 4.24. The quantitative estimate of drug-likeness (QED) is 0.452. The molecule has 4 N–H and O–H groups in total. The van der Waals surface area contributed by atoms with Crippen LogP contribution in [0.1, 0.15) is 0 Å². The number of alkyl halides is 6. The number of para-hydroxylation sites is 1. The molecule has 1 aromatic carbocycles. The van der Waals surface area contributed by atoms with E-state index in [4.69, 9.17) is 0 Å². The third-order valence-corrected chi connectivity index (χ3v) is 5.63. The lowest BCUT2D eigenvalue weighted by molar-refractivity contribution is -0.0462. The van der Waals surface area contributed by atoms with E-state index >= 15 is 0 Å². The maximum absolute atomic E-state index is 12.4. The van der Waals surface area contributed by atoms with Crippen LogP contribution in [0.4, 0.5) is 32.0 Å². The summed E-state index contributed by atoms with van der Waals surface area (Å²) < 4.78 is 118. The van der Waals surface area contributed by atoms with Gasteiger partial charge in [0, 0.05) is 0 Å². The molecule has 1 rings (SSSR count). The minimum absolute atomic E-state index is 0.479. The molecule has 23 heavy (non-hydrogen) atoms. The van der Waals surface area contributed by atoms with Gasteiger partial charge in [0.2, 0.25) is 0 Å². The second-order valence-electron chi connectivity index (χ2n) is 3.43. The average Bonchev–Trinajstić information content (AvgIpc) is 2.39. The summed E-state index contributed by atoms with van der Waals surface area (Å²) >= 11 is 0. The first-order chi connectivity index (χ1) is 10.2. The number of halogens is 6. The van der Waals surface area contributed by atoms with Gasteiger partial charge in [-0.2, -0.15) is 43.2 Å². The zero-order valence-corrected chi connectivity index (χ0v) is 12.3. The van der Waals surface area contributed by atoms with Crippen LogP contribution in [0.2, 0.25) is 0 Å². The Balaban J connectivity index is 0.00000232. The van der Waals surface area contributed by atoms with E-state index in [9.17, 15) is 43.2 Å². The number of hydrogen-bond donors (Lipinski definition) is 2. The van der Waals surface area contributed by atoms with Gasteiger partial charge in [-0.3, -0.25) is 11.7 Å². The highest BCUT2D eigenvalue weighted by Gasteiger charge is 2.61. The molecule has 0 saturated carbocycles. The van der Waals surface area contributed by atoms with Gasteiger partial charge in [-0.05, 0) is 12.1 Å². The molecular formula is C8H9F6N3O4S2. The van der Waals surface area contributed by atoms with Crippen molar-refractivity contribution in [3.8, 4) is 0 Å². The van der Waals surface area contributed by atoms with Crippen LogP contribution in [0.5, 0.6) is 0 Å². The first kappa shape index (κ1) is 21.4. The number of nitrogens with zero attached hydrogens (tertiary/aromatic N) is 1. The minimum Gasteiger partial charge on any atom is -0.274 e. The van der Waals surface area contributed by atoms with Crippen LogP contribution < -0.4 is 15.4 Å². The summed E-state index contributed by atoms with van der Waals surface area (Å²) in [4.78, 5) is 0. The summed E-state index contributed by atoms with van der Waals surface area (Å²) in [5, 5.41) is 0. The Hall–Kier alpha value is -1.58. The van der Waals surface area contributed by atoms with Crippen LogP contribution in [0, 0.1) is 0 Å². The molecular weight excluding hydrogens is 380 g/mol. The fraction of sp³-hybridized carbons (Fsp3) is 0.250. The predicted molar refractivity (Wildman–Crippen MR) is 67.2 cm³/mol. The zero-order chi connectivity index (χ0) is 18.7. The van der Waals surface area contributed by atoms with Gasteiger partial charge in [0.1, 0.15) is 0 Å². The van der Waals surface area contributed by atoms with E-state index in [1.807, 2.05) is 0 Å². The number of rotatable bonds is 3. The summed E-state index contributed by atoms with van der Waals surface area (Å²) in [7, 11) is -13.6. The molecule has 0 aliphatic heterocycles. The van der Waals surface area contributed by atoms with Crippen LogP contribution in [-0.2, 0) is 20.0 Å². The Morgan fingerprint density at radius 1 is 0.739 bits per heavy atom. The first-order valence-corrected chi connectivity index (χ1v) is 7.92. The lowest BCUT2D eigenvalue weighted by atomic mass is 10.3. The molecule has 15 heteroatoms. The summed E-state index contributed by atoms with van der Waals surface area (Å²) in [6.07, 6.45) is 0. The topological polar surface area (TPSA) is 124 Å². The largest absolute Gasteiger partial charge is 0.517 e. The standard InChI is InChI=1S/C8H5F6NO4S2.H4N2/c9-7(10,11)20(16,17)15(6-4-2-1-3-5-6)21(18,19)8(12,13)14;1-2/h1-5H;1-2H2. The fourth-order valence-corrected chi connectivity index (χ4v) is 3.86. The molecule has 7 nitrogen and oxygen atoms in total. The highest BCUT2D eigenvalue weighted by molar-refractivity contribution is 8.11. The maximum atomic E-state index is 12.4. The molecule has 0 aliphatic rings.